The molecule has 2 heterocycles. The van der Waals surface area contributed by atoms with Crippen molar-refractivity contribution in [1.29, 1.82) is 0 Å². The van der Waals surface area contributed by atoms with Gasteiger partial charge in [0.1, 0.15) is 0 Å². The Labute approximate surface area is 104 Å². The number of rotatable bonds is 2. The first-order valence-corrected chi connectivity index (χ1v) is 6.77. The van der Waals surface area contributed by atoms with Crippen LogP contribution in [0, 0.1) is 6.92 Å². The Kier molecular flexibility index (Phi) is 3.69. The van der Waals surface area contributed by atoms with Crippen molar-refractivity contribution in [3.8, 4) is 0 Å². The van der Waals surface area contributed by atoms with E-state index in [2.05, 4.69) is 15.9 Å². The number of furan rings is 1. The van der Waals surface area contributed by atoms with Gasteiger partial charge in [0.2, 0.25) is 0 Å². The predicted molar refractivity (Wildman–Crippen MR) is 65.9 cm³/mol. The highest BCUT2D eigenvalue weighted by Gasteiger charge is 2.28. The van der Waals surface area contributed by atoms with Crippen LogP contribution < -0.4 is 0 Å². The number of carbonyl (C=O) groups is 1. The number of piperidine rings is 1. The lowest BCUT2D eigenvalue weighted by atomic mass is 10.0. The SMILES string of the molecule is Cc1ccoc1C(=O)N1CCCCC1CBr. The van der Waals surface area contributed by atoms with Crippen LogP contribution in [0.1, 0.15) is 35.4 Å². The molecule has 1 atom stereocenters. The standard InChI is InChI=1S/C12H16BrNO2/c1-9-5-7-16-11(9)12(15)14-6-3-2-4-10(14)8-13/h5,7,10H,2-4,6,8H2,1H3. The first-order valence-electron chi connectivity index (χ1n) is 5.65. The molecule has 0 aromatic carbocycles. The van der Waals surface area contributed by atoms with Crippen LogP contribution >= 0.6 is 15.9 Å². The highest BCUT2D eigenvalue weighted by molar-refractivity contribution is 9.09. The molecule has 0 bridgehead atoms. The van der Waals surface area contributed by atoms with Crippen LogP contribution in [0.15, 0.2) is 16.7 Å². The van der Waals surface area contributed by atoms with Crippen LogP contribution in [0.2, 0.25) is 0 Å². The number of carbonyl (C=O) groups excluding carboxylic acids is 1. The summed E-state index contributed by atoms with van der Waals surface area (Å²) >= 11 is 3.48. The summed E-state index contributed by atoms with van der Waals surface area (Å²) in [6, 6.07) is 2.14. The van der Waals surface area contributed by atoms with E-state index in [1.54, 1.807) is 6.26 Å². The van der Waals surface area contributed by atoms with Crippen LogP contribution in [0.25, 0.3) is 0 Å². The zero-order valence-electron chi connectivity index (χ0n) is 9.41. The molecular weight excluding hydrogens is 270 g/mol. The van der Waals surface area contributed by atoms with Gasteiger partial charge in [-0.25, -0.2) is 0 Å². The summed E-state index contributed by atoms with van der Waals surface area (Å²) in [5, 5.41) is 0.846. The Morgan fingerprint density at radius 3 is 3.06 bits per heavy atom. The van der Waals surface area contributed by atoms with E-state index in [1.807, 2.05) is 17.9 Å². The Morgan fingerprint density at radius 2 is 2.44 bits per heavy atom. The number of halogens is 1. The summed E-state index contributed by atoms with van der Waals surface area (Å²) in [5.41, 5.74) is 0.920. The third-order valence-electron chi connectivity index (χ3n) is 3.12. The van der Waals surface area contributed by atoms with Crippen LogP contribution in [0.3, 0.4) is 0 Å². The molecule has 0 spiro atoms. The molecule has 1 amide bonds. The molecule has 1 aliphatic rings. The van der Waals surface area contributed by atoms with E-state index in [-0.39, 0.29) is 5.91 Å². The quantitative estimate of drug-likeness (QED) is 0.783. The van der Waals surface area contributed by atoms with Gasteiger partial charge in [-0.3, -0.25) is 4.79 Å². The van der Waals surface area contributed by atoms with E-state index in [4.69, 9.17) is 4.42 Å². The Bertz CT molecular complexity index is 375. The highest BCUT2D eigenvalue weighted by Crippen LogP contribution is 2.22. The van der Waals surface area contributed by atoms with Gasteiger partial charge >= 0.3 is 0 Å². The maximum atomic E-state index is 12.3. The van der Waals surface area contributed by atoms with Gasteiger partial charge in [-0.2, -0.15) is 0 Å². The number of aryl methyl sites for hydroxylation is 1. The molecule has 16 heavy (non-hydrogen) atoms. The molecule has 2 rings (SSSR count). The lowest BCUT2D eigenvalue weighted by Gasteiger charge is -2.34. The van der Waals surface area contributed by atoms with Crippen molar-refractivity contribution in [3.63, 3.8) is 0 Å². The van der Waals surface area contributed by atoms with E-state index in [0.717, 1.165) is 30.3 Å². The maximum absolute atomic E-state index is 12.3. The van der Waals surface area contributed by atoms with E-state index in [1.165, 1.54) is 6.42 Å². The highest BCUT2D eigenvalue weighted by atomic mass is 79.9. The van der Waals surface area contributed by atoms with Gasteiger partial charge in [-0.1, -0.05) is 15.9 Å². The molecule has 0 saturated carbocycles. The van der Waals surface area contributed by atoms with Crippen molar-refractivity contribution in [2.75, 3.05) is 11.9 Å². The summed E-state index contributed by atoms with van der Waals surface area (Å²) in [5.74, 6) is 0.527. The monoisotopic (exact) mass is 285 g/mol. The van der Waals surface area contributed by atoms with Crippen LogP contribution in [-0.2, 0) is 0 Å². The number of nitrogens with zero attached hydrogens (tertiary/aromatic N) is 1. The second-order valence-corrected chi connectivity index (χ2v) is 4.88. The number of hydrogen-bond acceptors (Lipinski definition) is 2. The van der Waals surface area contributed by atoms with E-state index in [9.17, 15) is 4.79 Å². The van der Waals surface area contributed by atoms with Gasteiger partial charge in [0.15, 0.2) is 5.76 Å². The molecule has 1 aromatic rings. The zero-order valence-corrected chi connectivity index (χ0v) is 11.0. The minimum atomic E-state index is 0.0339. The molecule has 1 saturated heterocycles. The Morgan fingerprint density at radius 1 is 1.62 bits per heavy atom. The second-order valence-electron chi connectivity index (χ2n) is 4.24. The van der Waals surface area contributed by atoms with Crippen LogP contribution in [0.4, 0.5) is 0 Å². The van der Waals surface area contributed by atoms with Crippen molar-refractivity contribution in [2.24, 2.45) is 0 Å². The summed E-state index contributed by atoms with van der Waals surface area (Å²) in [4.78, 5) is 14.2. The third kappa shape index (κ3) is 2.17. The van der Waals surface area contributed by atoms with Crippen LogP contribution in [0.5, 0.6) is 0 Å². The minimum absolute atomic E-state index is 0.0339. The van der Waals surface area contributed by atoms with Gasteiger partial charge in [-0.05, 0) is 32.3 Å². The molecule has 0 N–H and O–H groups in total. The van der Waals surface area contributed by atoms with E-state index in [0.29, 0.717) is 11.8 Å². The molecule has 0 radical (unpaired) electrons. The predicted octanol–water partition coefficient (Wildman–Crippen LogP) is 2.98. The molecule has 4 heteroatoms. The summed E-state index contributed by atoms with van der Waals surface area (Å²) in [7, 11) is 0. The second kappa shape index (κ2) is 5.04. The molecular formula is C12H16BrNO2. The topological polar surface area (TPSA) is 33.5 Å². The van der Waals surface area contributed by atoms with Gasteiger partial charge in [0.05, 0.1) is 6.26 Å². The smallest absolute Gasteiger partial charge is 0.290 e. The lowest BCUT2D eigenvalue weighted by Crippen LogP contribution is -2.44. The Hall–Kier alpha value is -0.770. The average Bonchev–Trinajstić information content (AvgIpc) is 2.74. The fourth-order valence-corrected chi connectivity index (χ4v) is 2.82. The third-order valence-corrected chi connectivity index (χ3v) is 3.87. The van der Waals surface area contributed by atoms with Crippen molar-refractivity contribution >= 4 is 21.8 Å². The minimum Gasteiger partial charge on any atom is -0.459 e. The zero-order chi connectivity index (χ0) is 11.5. The average molecular weight is 286 g/mol. The first kappa shape index (κ1) is 11.7. The summed E-state index contributed by atoms with van der Waals surface area (Å²) in [6.45, 7) is 2.75. The molecule has 1 fully saturated rings. The molecule has 3 nitrogen and oxygen atoms in total. The van der Waals surface area contributed by atoms with Crippen molar-refractivity contribution < 1.29 is 9.21 Å². The number of alkyl halides is 1. The number of hydrogen-bond donors (Lipinski definition) is 0. The molecule has 0 aliphatic carbocycles. The molecule has 1 aromatic heterocycles. The fraction of sp³-hybridized carbons (Fsp3) is 0.583. The van der Waals surface area contributed by atoms with E-state index < -0.39 is 0 Å². The summed E-state index contributed by atoms with van der Waals surface area (Å²) in [6.07, 6.45) is 4.96. The lowest BCUT2D eigenvalue weighted by molar-refractivity contribution is 0.0608. The van der Waals surface area contributed by atoms with Gasteiger partial charge in [-0.15, -0.1) is 0 Å². The first-order chi connectivity index (χ1) is 7.74. The van der Waals surface area contributed by atoms with Gasteiger partial charge in [0, 0.05) is 23.5 Å². The largest absolute Gasteiger partial charge is 0.459 e. The fourth-order valence-electron chi connectivity index (χ4n) is 2.15. The van der Waals surface area contributed by atoms with Crippen molar-refractivity contribution in [1.82, 2.24) is 4.90 Å². The van der Waals surface area contributed by atoms with Crippen molar-refractivity contribution in [2.45, 2.75) is 32.2 Å². The van der Waals surface area contributed by atoms with Crippen LogP contribution in [-0.4, -0.2) is 28.7 Å². The van der Waals surface area contributed by atoms with Crippen molar-refractivity contribution in [3.05, 3.63) is 23.7 Å². The molecule has 1 unspecified atom stereocenters. The summed E-state index contributed by atoms with van der Waals surface area (Å²) < 4.78 is 5.27. The maximum Gasteiger partial charge on any atom is 0.290 e. The Balaban J connectivity index is 2.17. The van der Waals surface area contributed by atoms with Gasteiger partial charge < -0.3 is 9.32 Å². The van der Waals surface area contributed by atoms with Gasteiger partial charge in [0.25, 0.3) is 5.91 Å². The number of likely N-dealkylation sites (tertiary alicyclic amines) is 1. The van der Waals surface area contributed by atoms with E-state index >= 15 is 0 Å². The molecule has 88 valence electrons. The normalized spacial score (nSPS) is 21.1. The molecule has 1 aliphatic heterocycles. The number of amides is 1.